The normalized spacial score (nSPS) is 16.1. The number of piperidine rings is 1. The molecular weight excluding hydrogens is 252 g/mol. The Hall–Kier alpha value is -2.24. The molecule has 1 fully saturated rings. The molecule has 0 amide bonds. The van der Waals surface area contributed by atoms with E-state index in [2.05, 4.69) is 30.2 Å². The molecule has 6 nitrogen and oxygen atoms in total. The summed E-state index contributed by atoms with van der Waals surface area (Å²) < 4.78 is 0. The number of aryl methyl sites for hydroxylation is 1. The molecule has 0 atom stereocenters. The zero-order chi connectivity index (χ0) is 13.8. The number of hydrogen-bond donors (Lipinski definition) is 1. The predicted octanol–water partition coefficient (Wildman–Crippen LogP) is 1.66. The first kappa shape index (κ1) is 12.8. The maximum atomic E-state index is 4.53. The first-order valence-electron chi connectivity index (χ1n) is 6.87. The van der Waals surface area contributed by atoms with E-state index < -0.39 is 0 Å². The highest BCUT2D eigenvalue weighted by atomic mass is 15.2. The highest BCUT2D eigenvalue weighted by Gasteiger charge is 2.20. The van der Waals surface area contributed by atoms with Gasteiger partial charge in [-0.25, -0.2) is 15.0 Å². The number of aromatic nitrogens is 4. The van der Waals surface area contributed by atoms with E-state index in [0.29, 0.717) is 6.04 Å². The lowest BCUT2D eigenvalue weighted by Crippen LogP contribution is -2.39. The van der Waals surface area contributed by atoms with Crippen molar-refractivity contribution in [3.8, 4) is 0 Å². The van der Waals surface area contributed by atoms with Crippen molar-refractivity contribution in [2.45, 2.75) is 25.8 Å². The standard InChI is InChI=1S/C14H18N6/c1-11-8-16-9-14(18-11)20-6-3-12(4-7-20)19-13-2-5-15-10-17-13/h2,5,8-10,12H,3-4,6-7H2,1H3,(H,15,17,19). The van der Waals surface area contributed by atoms with Crippen LogP contribution in [0.15, 0.2) is 31.0 Å². The molecule has 6 heteroatoms. The SMILES string of the molecule is Cc1cncc(N2CCC(Nc3ccncn3)CC2)n1. The molecule has 1 aliphatic heterocycles. The van der Waals surface area contributed by atoms with Gasteiger partial charge in [0.25, 0.3) is 0 Å². The van der Waals surface area contributed by atoms with Crippen LogP contribution < -0.4 is 10.2 Å². The Morgan fingerprint density at radius 3 is 2.75 bits per heavy atom. The number of anilines is 2. The van der Waals surface area contributed by atoms with Crippen molar-refractivity contribution in [2.24, 2.45) is 0 Å². The van der Waals surface area contributed by atoms with Crippen molar-refractivity contribution in [1.82, 2.24) is 19.9 Å². The van der Waals surface area contributed by atoms with Gasteiger partial charge in [0.1, 0.15) is 18.0 Å². The summed E-state index contributed by atoms with van der Waals surface area (Å²) in [4.78, 5) is 19.2. The zero-order valence-corrected chi connectivity index (χ0v) is 11.5. The molecule has 20 heavy (non-hydrogen) atoms. The van der Waals surface area contributed by atoms with Crippen LogP contribution in [0.25, 0.3) is 0 Å². The van der Waals surface area contributed by atoms with Crippen LogP contribution in [0.2, 0.25) is 0 Å². The average Bonchev–Trinajstić information content (AvgIpc) is 2.49. The Morgan fingerprint density at radius 2 is 2.05 bits per heavy atom. The highest BCUT2D eigenvalue weighted by Crippen LogP contribution is 2.19. The second kappa shape index (κ2) is 5.81. The summed E-state index contributed by atoms with van der Waals surface area (Å²) in [5.41, 5.74) is 0.962. The van der Waals surface area contributed by atoms with Crippen LogP contribution in [0.4, 0.5) is 11.6 Å². The minimum absolute atomic E-state index is 0.457. The molecule has 104 valence electrons. The van der Waals surface area contributed by atoms with Gasteiger partial charge >= 0.3 is 0 Å². The fourth-order valence-corrected chi connectivity index (χ4v) is 2.44. The largest absolute Gasteiger partial charge is 0.367 e. The number of nitrogens with one attached hydrogen (secondary N) is 1. The topological polar surface area (TPSA) is 66.8 Å². The van der Waals surface area contributed by atoms with Gasteiger partial charge in [-0.1, -0.05) is 0 Å². The van der Waals surface area contributed by atoms with Crippen molar-refractivity contribution in [3.05, 3.63) is 36.7 Å². The van der Waals surface area contributed by atoms with E-state index >= 15 is 0 Å². The van der Waals surface area contributed by atoms with Crippen LogP contribution >= 0.6 is 0 Å². The van der Waals surface area contributed by atoms with Gasteiger partial charge < -0.3 is 10.2 Å². The quantitative estimate of drug-likeness (QED) is 0.915. The third kappa shape index (κ3) is 3.01. The third-order valence-electron chi connectivity index (χ3n) is 3.50. The van der Waals surface area contributed by atoms with Crippen molar-refractivity contribution < 1.29 is 0 Å². The van der Waals surface area contributed by atoms with E-state index in [-0.39, 0.29) is 0 Å². The van der Waals surface area contributed by atoms with Gasteiger partial charge in [0.2, 0.25) is 0 Å². The van der Waals surface area contributed by atoms with Crippen LogP contribution in [0, 0.1) is 6.92 Å². The summed E-state index contributed by atoms with van der Waals surface area (Å²) in [7, 11) is 0. The molecule has 0 unspecified atom stereocenters. The van der Waals surface area contributed by atoms with Gasteiger partial charge in [0, 0.05) is 31.5 Å². The first-order chi connectivity index (χ1) is 9.81. The van der Waals surface area contributed by atoms with Crippen molar-refractivity contribution >= 4 is 11.6 Å². The molecule has 3 rings (SSSR count). The van der Waals surface area contributed by atoms with Gasteiger partial charge in [-0.15, -0.1) is 0 Å². The van der Waals surface area contributed by atoms with Gasteiger partial charge in [0.05, 0.1) is 11.9 Å². The maximum Gasteiger partial charge on any atom is 0.147 e. The van der Waals surface area contributed by atoms with Crippen molar-refractivity contribution in [2.75, 3.05) is 23.3 Å². The molecular formula is C14H18N6. The van der Waals surface area contributed by atoms with E-state index in [1.165, 1.54) is 0 Å². The zero-order valence-electron chi connectivity index (χ0n) is 11.5. The molecule has 0 radical (unpaired) electrons. The maximum absolute atomic E-state index is 4.53. The second-order valence-corrected chi connectivity index (χ2v) is 5.02. The molecule has 2 aromatic rings. The Bertz CT molecular complexity index is 551. The number of hydrogen-bond acceptors (Lipinski definition) is 6. The molecule has 0 spiro atoms. The summed E-state index contributed by atoms with van der Waals surface area (Å²) in [6.45, 7) is 3.95. The molecule has 0 aliphatic carbocycles. The number of nitrogens with zero attached hydrogens (tertiary/aromatic N) is 5. The van der Waals surface area contributed by atoms with Crippen LogP contribution in [-0.2, 0) is 0 Å². The van der Waals surface area contributed by atoms with E-state index in [0.717, 1.165) is 43.3 Å². The Balaban J connectivity index is 1.57. The van der Waals surface area contributed by atoms with E-state index in [1.807, 2.05) is 19.2 Å². The fourth-order valence-electron chi connectivity index (χ4n) is 2.44. The summed E-state index contributed by atoms with van der Waals surface area (Å²) in [5, 5.41) is 3.45. The molecule has 3 heterocycles. The Labute approximate surface area is 118 Å². The third-order valence-corrected chi connectivity index (χ3v) is 3.50. The molecule has 1 aliphatic rings. The van der Waals surface area contributed by atoms with Crippen LogP contribution in [-0.4, -0.2) is 39.1 Å². The summed E-state index contributed by atoms with van der Waals surface area (Å²) in [5.74, 6) is 1.87. The minimum Gasteiger partial charge on any atom is -0.367 e. The molecule has 1 saturated heterocycles. The fraction of sp³-hybridized carbons (Fsp3) is 0.429. The molecule has 0 aromatic carbocycles. The summed E-state index contributed by atoms with van der Waals surface area (Å²) in [6, 6.07) is 2.36. The monoisotopic (exact) mass is 270 g/mol. The molecule has 1 N–H and O–H groups in total. The molecule has 2 aromatic heterocycles. The van der Waals surface area contributed by atoms with Crippen molar-refractivity contribution in [3.63, 3.8) is 0 Å². The molecule has 0 bridgehead atoms. The lowest BCUT2D eigenvalue weighted by molar-refractivity contribution is 0.521. The Kier molecular flexibility index (Phi) is 3.71. The van der Waals surface area contributed by atoms with Gasteiger partial charge in [0.15, 0.2) is 0 Å². The highest BCUT2D eigenvalue weighted by molar-refractivity contribution is 5.38. The first-order valence-corrected chi connectivity index (χ1v) is 6.87. The van der Waals surface area contributed by atoms with Crippen molar-refractivity contribution in [1.29, 1.82) is 0 Å². The van der Waals surface area contributed by atoms with Crippen LogP contribution in [0.5, 0.6) is 0 Å². The number of rotatable bonds is 3. The second-order valence-electron chi connectivity index (χ2n) is 5.02. The van der Waals surface area contributed by atoms with Gasteiger partial charge in [-0.2, -0.15) is 0 Å². The molecule has 0 saturated carbocycles. The minimum atomic E-state index is 0.457. The van der Waals surface area contributed by atoms with E-state index in [1.54, 1.807) is 18.7 Å². The lowest BCUT2D eigenvalue weighted by atomic mass is 10.1. The van der Waals surface area contributed by atoms with Crippen LogP contribution in [0.3, 0.4) is 0 Å². The Morgan fingerprint density at radius 1 is 1.20 bits per heavy atom. The van der Waals surface area contributed by atoms with E-state index in [9.17, 15) is 0 Å². The van der Waals surface area contributed by atoms with Gasteiger partial charge in [-0.05, 0) is 25.8 Å². The van der Waals surface area contributed by atoms with E-state index in [4.69, 9.17) is 0 Å². The lowest BCUT2D eigenvalue weighted by Gasteiger charge is -2.33. The predicted molar refractivity (Wildman–Crippen MR) is 77.7 cm³/mol. The summed E-state index contributed by atoms with van der Waals surface area (Å²) in [6.07, 6.45) is 9.09. The smallest absolute Gasteiger partial charge is 0.147 e. The van der Waals surface area contributed by atoms with Gasteiger partial charge in [-0.3, -0.25) is 4.98 Å². The summed E-state index contributed by atoms with van der Waals surface area (Å²) >= 11 is 0. The van der Waals surface area contributed by atoms with Crippen LogP contribution in [0.1, 0.15) is 18.5 Å². The average molecular weight is 270 g/mol.